The summed E-state index contributed by atoms with van der Waals surface area (Å²) in [6.07, 6.45) is 0.675. The number of nitrogens with zero attached hydrogens (tertiary/aromatic N) is 2. The number of hydrazine groups is 1. The van der Waals surface area contributed by atoms with Crippen molar-refractivity contribution >= 4 is 40.4 Å². The number of aromatic amines is 1. The van der Waals surface area contributed by atoms with E-state index in [-0.39, 0.29) is 11.5 Å². The van der Waals surface area contributed by atoms with Crippen LogP contribution in [0.1, 0.15) is 16.8 Å². The number of carbonyl (C=O) groups excluding carboxylic acids is 1. The number of anilines is 2. The number of fused-ring (bicyclic) bond motifs is 1. The molecule has 4 rings (SSSR count). The summed E-state index contributed by atoms with van der Waals surface area (Å²) >= 11 is 5.38. The molecule has 8 heteroatoms. The lowest BCUT2D eigenvalue weighted by atomic mass is 10.1. The lowest BCUT2D eigenvalue weighted by Crippen LogP contribution is -2.39. The molecular weight excluding hydrogens is 436 g/mol. The van der Waals surface area contributed by atoms with Gasteiger partial charge in [-0.15, -0.1) is 0 Å². The zero-order valence-corrected chi connectivity index (χ0v) is 19.0. The number of carbonyl (C=O) groups is 1. The van der Waals surface area contributed by atoms with Crippen molar-refractivity contribution in [1.29, 1.82) is 0 Å². The molecule has 1 amide bonds. The van der Waals surface area contributed by atoms with E-state index < -0.39 is 0 Å². The minimum absolute atomic E-state index is 0.188. The van der Waals surface area contributed by atoms with E-state index in [0.29, 0.717) is 40.8 Å². The standard InChI is InChI=1S/C25H24N4O3S/c1-32-16-8-15-28-24(31)21-14-13-18(17-22(21)26-25(28)33)23(30)27-29(19-9-4-2-5-10-19)20-11-6-3-7-12-20/h2-7,9-14,17H,8,15-16H2,1H3,(H,26,33)(H,27,30). The number of H-pyrrole nitrogens is 1. The molecule has 0 fully saturated rings. The maximum Gasteiger partial charge on any atom is 0.270 e. The minimum Gasteiger partial charge on any atom is -0.385 e. The van der Waals surface area contributed by atoms with E-state index in [1.165, 1.54) is 4.57 Å². The Morgan fingerprint density at radius 1 is 1.03 bits per heavy atom. The predicted octanol–water partition coefficient (Wildman–Crippen LogP) is 4.58. The van der Waals surface area contributed by atoms with Gasteiger partial charge in [-0.2, -0.15) is 0 Å². The quantitative estimate of drug-likeness (QED) is 0.229. The number of nitrogens with one attached hydrogen (secondary N) is 2. The Bertz CT molecular complexity index is 1330. The average Bonchev–Trinajstić information content (AvgIpc) is 2.85. The Hall–Kier alpha value is -3.75. The Morgan fingerprint density at radius 2 is 1.67 bits per heavy atom. The van der Waals surface area contributed by atoms with Gasteiger partial charge in [0, 0.05) is 25.8 Å². The van der Waals surface area contributed by atoms with Crippen LogP contribution < -0.4 is 16.0 Å². The summed E-state index contributed by atoms with van der Waals surface area (Å²) in [5.74, 6) is -0.312. The summed E-state index contributed by atoms with van der Waals surface area (Å²) in [5.41, 5.74) is 5.33. The van der Waals surface area contributed by atoms with E-state index in [4.69, 9.17) is 17.0 Å². The Labute approximate surface area is 196 Å². The number of rotatable bonds is 8. The number of amides is 1. The van der Waals surface area contributed by atoms with Crippen LogP contribution >= 0.6 is 12.2 Å². The SMILES string of the molecule is COCCCn1c(=S)[nH]c2cc(C(=O)NN(c3ccccc3)c3ccccc3)ccc2c1=O. The van der Waals surface area contributed by atoms with E-state index in [1.807, 2.05) is 60.7 Å². The first-order chi connectivity index (χ1) is 16.1. The highest BCUT2D eigenvalue weighted by molar-refractivity contribution is 7.71. The summed E-state index contributed by atoms with van der Waals surface area (Å²) in [7, 11) is 1.62. The first-order valence-electron chi connectivity index (χ1n) is 10.6. The third-order valence-corrected chi connectivity index (χ3v) is 5.54. The molecule has 1 heterocycles. The van der Waals surface area contributed by atoms with E-state index >= 15 is 0 Å². The molecular formula is C25H24N4O3S. The molecule has 168 valence electrons. The molecule has 2 N–H and O–H groups in total. The van der Waals surface area contributed by atoms with Crippen LogP contribution in [0.25, 0.3) is 10.9 Å². The average molecular weight is 461 g/mol. The number of methoxy groups -OCH3 is 1. The zero-order valence-electron chi connectivity index (χ0n) is 18.2. The number of ether oxygens (including phenoxy) is 1. The third-order valence-electron chi connectivity index (χ3n) is 5.22. The Kier molecular flexibility index (Phi) is 6.97. The highest BCUT2D eigenvalue weighted by Gasteiger charge is 2.15. The van der Waals surface area contributed by atoms with Crippen molar-refractivity contribution in [2.45, 2.75) is 13.0 Å². The lowest BCUT2D eigenvalue weighted by molar-refractivity contribution is 0.0954. The summed E-state index contributed by atoms with van der Waals surface area (Å²) in [6.45, 7) is 1.00. The molecule has 0 radical (unpaired) electrons. The van der Waals surface area contributed by atoms with Crippen LogP contribution in [0.5, 0.6) is 0 Å². The van der Waals surface area contributed by atoms with Gasteiger partial charge in [-0.25, -0.2) is 0 Å². The van der Waals surface area contributed by atoms with Crippen LogP contribution in [0.3, 0.4) is 0 Å². The summed E-state index contributed by atoms with van der Waals surface area (Å²) in [6, 6.07) is 24.1. The van der Waals surface area contributed by atoms with Gasteiger partial charge in [0.1, 0.15) is 0 Å². The number of aromatic nitrogens is 2. The van der Waals surface area contributed by atoms with Crippen molar-refractivity contribution in [1.82, 2.24) is 15.0 Å². The number of para-hydroxylation sites is 2. The van der Waals surface area contributed by atoms with Crippen molar-refractivity contribution in [3.8, 4) is 0 Å². The maximum absolute atomic E-state index is 13.2. The first kappa shape index (κ1) is 22.4. The van der Waals surface area contributed by atoms with Crippen molar-refractivity contribution < 1.29 is 9.53 Å². The second-order valence-corrected chi connectivity index (χ2v) is 7.83. The van der Waals surface area contributed by atoms with Crippen LogP contribution in [-0.4, -0.2) is 29.2 Å². The Morgan fingerprint density at radius 3 is 2.27 bits per heavy atom. The molecule has 0 aliphatic heterocycles. The fourth-order valence-corrected chi connectivity index (χ4v) is 3.85. The molecule has 0 unspecified atom stereocenters. The van der Waals surface area contributed by atoms with Crippen LogP contribution in [0.2, 0.25) is 0 Å². The summed E-state index contributed by atoms with van der Waals surface area (Å²) in [5, 5.41) is 2.20. The molecule has 0 saturated carbocycles. The third kappa shape index (κ3) is 5.02. The maximum atomic E-state index is 13.2. The van der Waals surface area contributed by atoms with Gasteiger partial charge in [0.05, 0.1) is 22.3 Å². The van der Waals surface area contributed by atoms with E-state index in [2.05, 4.69) is 10.4 Å². The van der Waals surface area contributed by atoms with Gasteiger partial charge in [-0.1, -0.05) is 36.4 Å². The van der Waals surface area contributed by atoms with Gasteiger partial charge >= 0.3 is 0 Å². The topological polar surface area (TPSA) is 79.4 Å². The fourth-order valence-electron chi connectivity index (χ4n) is 3.56. The van der Waals surface area contributed by atoms with Crippen molar-refractivity contribution in [2.75, 3.05) is 18.7 Å². The molecule has 33 heavy (non-hydrogen) atoms. The van der Waals surface area contributed by atoms with Crippen molar-refractivity contribution in [3.63, 3.8) is 0 Å². The van der Waals surface area contributed by atoms with Crippen LogP contribution in [0.15, 0.2) is 83.7 Å². The largest absolute Gasteiger partial charge is 0.385 e. The van der Waals surface area contributed by atoms with Gasteiger partial charge in [-0.3, -0.25) is 24.6 Å². The number of benzene rings is 3. The minimum atomic E-state index is -0.312. The smallest absolute Gasteiger partial charge is 0.270 e. The van der Waals surface area contributed by atoms with Gasteiger partial charge in [0.2, 0.25) is 0 Å². The molecule has 0 atom stereocenters. The van der Waals surface area contributed by atoms with Crippen LogP contribution in [-0.2, 0) is 11.3 Å². The van der Waals surface area contributed by atoms with E-state index in [0.717, 1.165) is 11.4 Å². The van der Waals surface area contributed by atoms with Crippen LogP contribution in [0, 0.1) is 4.77 Å². The molecule has 0 bridgehead atoms. The molecule has 7 nitrogen and oxygen atoms in total. The molecule has 0 aliphatic rings. The highest BCUT2D eigenvalue weighted by atomic mass is 32.1. The normalized spacial score (nSPS) is 10.8. The monoisotopic (exact) mass is 460 g/mol. The Balaban J connectivity index is 1.65. The molecule has 1 aromatic heterocycles. The number of hydrogen-bond acceptors (Lipinski definition) is 5. The predicted molar refractivity (Wildman–Crippen MR) is 132 cm³/mol. The highest BCUT2D eigenvalue weighted by Crippen LogP contribution is 2.23. The number of hydrogen-bond donors (Lipinski definition) is 2. The first-order valence-corrected chi connectivity index (χ1v) is 11.0. The van der Waals surface area contributed by atoms with Crippen molar-refractivity contribution in [2.24, 2.45) is 0 Å². The fraction of sp³-hybridized carbons (Fsp3) is 0.160. The molecule has 0 spiro atoms. The van der Waals surface area contributed by atoms with Crippen LogP contribution in [0.4, 0.5) is 11.4 Å². The second-order valence-electron chi connectivity index (χ2n) is 7.44. The van der Waals surface area contributed by atoms with Gasteiger partial charge in [0.15, 0.2) is 4.77 Å². The van der Waals surface area contributed by atoms with Gasteiger partial charge in [-0.05, 0) is 61.1 Å². The van der Waals surface area contributed by atoms with Gasteiger partial charge in [0.25, 0.3) is 11.5 Å². The van der Waals surface area contributed by atoms with E-state index in [9.17, 15) is 9.59 Å². The zero-order chi connectivity index (χ0) is 23.2. The molecule has 3 aromatic carbocycles. The van der Waals surface area contributed by atoms with E-state index in [1.54, 1.807) is 30.3 Å². The molecule has 0 saturated heterocycles. The molecule has 0 aliphatic carbocycles. The second kappa shape index (κ2) is 10.2. The lowest BCUT2D eigenvalue weighted by Gasteiger charge is -2.25. The summed E-state index contributed by atoms with van der Waals surface area (Å²) in [4.78, 5) is 29.1. The van der Waals surface area contributed by atoms with Crippen molar-refractivity contribution in [3.05, 3.63) is 99.6 Å². The summed E-state index contributed by atoms with van der Waals surface area (Å²) < 4.78 is 6.89. The molecule has 4 aromatic rings. The van der Waals surface area contributed by atoms with Gasteiger partial charge < -0.3 is 9.72 Å².